The van der Waals surface area contributed by atoms with E-state index in [9.17, 15) is 15.2 Å². The van der Waals surface area contributed by atoms with Crippen LogP contribution in [0.15, 0.2) is 18.2 Å². The molecule has 0 bridgehead atoms. The van der Waals surface area contributed by atoms with Gasteiger partial charge in [0.25, 0.3) is 5.69 Å². The first-order valence-corrected chi connectivity index (χ1v) is 5.06. The van der Waals surface area contributed by atoms with Gasteiger partial charge < -0.3 is 10.0 Å². The first kappa shape index (κ1) is 12.9. The van der Waals surface area contributed by atoms with Crippen molar-refractivity contribution in [2.75, 3.05) is 18.5 Å². The molecule has 0 saturated heterocycles. The van der Waals surface area contributed by atoms with Crippen molar-refractivity contribution in [1.29, 1.82) is 5.26 Å². The van der Waals surface area contributed by atoms with Crippen LogP contribution in [0.4, 0.5) is 11.4 Å². The number of nitro groups is 1. The Labute approximate surface area is 98.9 Å². The molecule has 6 heteroatoms. The van der Waals surface area contributed by atoms with Crippen LogP contribution in [0.25, 0.3) is 0 Å². The van der Waals surface area contributed by atoms with E-state index in [2.05, 4.69) is 0 Å². The number of benzene rings is 1. The zero-order valence-electron chi connectivity index (χ0n) is 9.46. The molecule has 1 aromatic carbocycles. The predicted octanol–water partition coefficient (Wildman–Crippen LogP) is 1.44. The minimum Gasteiger partial charge on any atom is -0.392 e. The number of hydrogen-bond donors (Lipinski definition) is 1. The molecule has 0 aromatic heterocycles. The molecule has 1 N–H and O–H groups in total. The lowest BCUT2D eigenvalue weighted by molar-refractivity contribution is -0.384. The first-order valence-electron chi connectivity index (χ1n) is 5.06. The van der Waals surface area contributed by atoms with E-state index in [-0.39, 0.29) is 12.3 Å². The van der Waals surface area contributed by atoms with Crippen molar-refractivity contribution < 1.29 is 10.0 Å². The number of nitrogens with zero attached hydrogens (tertiary/aromatic N) is 3. The fraction of sp³-hybridized carbons (Fsp3) is 0.364. The summed E-state index contributed by atoms with van der Waals surface area (Å²) >= 11 is 0. The average molecular weight is 235 g/mol. The van der Waals surface area contributed by atoms with Crippen molar-refractivity contribution in [3.05, 3.63) is 33.9 Å². The smallest absolute Gasteiger partial charge is 0.269 e. The number of hydrogen-bond acceptors (Lipinski definition) is 5. The summed E-state index contributed by atoms with van der Waals surface area (Å²) in [6.45, 7) is 0.245. The van der Waals surface area contributed by atoms with Crippen LogP contribution in [0.1, 0.15) is 12.0 Å². The minimum atomic E-state index is -0.502. The van der Waals surface area contributed by atoms with Crippen molar-refractivity contribution in [1.82, 2.24) is 0 Å². The fourth-order valence-corrected chi connectivity index (χ4v) is 1.52. The number of aliphatic hydroxyl groups excluding tert-OH is 1. The van der Waals surface area contributed by atoms with E-state index in [0.29, 0.717) is 24.2 Å². The fourth-order valence-electron chi connectivity index (χ4n) is 1.52. The molecule has 0 heterocycles. The predicted molar refractivity (Wildman–Crippen MR) is 62.5 cm³/mol. The molecule has 0 aliphatic heterocycles. The Morgan fingerprint density at radius 3 is 2.82 bits per heavy atom. The average Bonchev–Trinajstić information content (AvgIpc) is 2.34. The second kappa shape index (κ2) is 5.82. The third-order valence-electron chi connectivity index (χ3n) is 2.41. The van der Waals surface area contributed by atoms with Gasteiger partial charge in [-0.05, 0) is 6.07 Å². The summed E-state index contributed by atoms with van der Waals surface area (Å²) < 4.78 is 0. The molecule has 0 unspecified atom stereocenters. The van der Waals surface area contributed by atoms with Crippen LogP contribution in [0.2, 0.25) is 0 Å². The lowest BCUT2D eigenvalue weighted by atomic mass is 10.1. The Morgan fingerprint density at radius 2 is 2.29 bits per heavy atom. The third kappa shape index (κ3) is 3.16. The third-order valence-corrected chi connectivity index (χ3v) is 2.41. The Balaban J connectivity index is 3.00. The molecular formula is C11H13N3O3. The number of nitro benzene ring substituents is 1. The number of non-ortho nitro benzene ring substituents is 1. The van der Waals surface area contributed by atoms with E-state index in [1.165, 1.54) is 12.1 Å². The molecule has 17 heavy (non-hydrogen) atoms. The van der Waals surface area contributed by atoms with Crippen LogP contribution in [-0.2, 0) is 6.61 Å². The Kier molecular flexibility index (Phi) is 4.43. The van der Waals surface area contributed by atoms with Crippen molar-refractivity contribution in [2.24, 2.45) is 0 Å². The quantitative estimate of drug-likeness (QED) is 0.616. The van der Waals surface area contributed by atoms with Crippen molar-refractivity contribution in [2.45, 2.75) is 13.0 Å². The van der Waals surface area contributed by atoms with Crippen molar-refractivity contribution in [3.63, 3.8) is 0 Å². The van der Waals surface area contributed by atoms with E-state index in [1.807, 2.05) is 6.07 Å². The summed E-state index contributed by atoms with van der Waals surface area (Å²) in [5.74, 6) is 0. The number of nitriles is 1. The monoisotopic (exact) mass is 235 g/mol. The maximum atomic E-state index is 10.6. The van der Waals surface area contributed by atoms with Crippen molar-refractivity contribution >= 4 is 11.4 Å². The van der Waals surface area contributed by atoms with E-state index in [0.717, 1.165) is 0 Å². The van der Waals surface area contributed by atoms with E-state index in [4.69, 9.17) is 5.26 Å². The number of rotatable bonds is 5. The topological polar surface area (TPSA) is 90.4 Å². The van der Waals surface area contributed by atoms with Gasteiger partial charge in [0.2, 0.25) is 0 Å². The summed E-state index contributed by atoms with van der Waals surface area (Å²) in [7, 11) is 1.78. The van der Waals surface area contributed by atoms with Gasteiger partial charge in [-0.2, -0.15) is 5.26 Å². The highest BCUT2D eigenvalue weighted by molar-refractivity contribution is 5.57. The van der Waals surface area contributed by atoms with Gasteiger partial charge in [0.1, 0.15) is 0 Å². The second-order valence-electron chi connectivity index (χ2n) is 3.56. The summed E-state index contributed by atoms with van der Waals surface area (Å²) in [5.41, 5.74) is 1.14. The normalized spacial score (nSPS) is 9.71. The zero-order chi connectivity index (χ0) is 12.8. The molecule has 0 amide bonds. The van der Waals surface area contributed by atoms with Gasteiger partial charge in [-0.25, -0.2) is 0 Å². The molecule has 0 fully saturated rings. The van der Waals surface area contributed by atoms with Crippen LogP contribution in [0.5, 0.6) is 0 Å². The highest BCUT2D eigenvalue weighted by Crippen LogP contribution is 2.24. The molecular weight excluding hydrogens is 222 g/mol. The summed E-state index contributed by atoms with van der Waals surface area (Å²) in [6.07, 6.45) is 0.359. The van der Waals surface area contributed by atoms with Gasteiger partial charge in [0.05, 0.1) is 24.0 Å². The van der Waals surface area contributed by atoms with Crippen LogP contribution < -0.4 is 4.90 Å². The maximum Gasteiger partial charge on any atom is 0.269 e. The molecule has 90 valence electrons. The molecule has 0 spiro atoms. The molecule has 0 radical (unpaired) electrons. The lowest BCUT2D eigenvalue weighted by Crippen LogP contribution is -2.19. The van der Waals surface area contributed by atoms with Gasteiger partial charge in [0.15, 0.2) is 0 Å². The summed E-state index contributed by atoms with van der Waals surface area (Å²) in [4.78, 5) is 11.9. The van der Waals surface area contributed by atoms with Gasteiger partial charge in [-0.15, -0.1) is 0 Å². The van der Waals surface area contributed by atoms with Gasteiger partial charge in [0, 0.05) is 37.0 Å². The van der Waals surface area contributed by atoms with Gasteiger partial charge >= 0.3 is 0 Å². The molecule has 0 aliphatic rings. The molecule has 1 aromatic rings. The molecule has 0 saturated carbocycles. The zero-order valence-corrected chi connectivity index (χ0v) is 9.46. The van der Waals surface area contributed by atoms with Gasteiger partial charge in [-0.3, -0.25) is 10.1 Å². The number of anilines is 1. The van der Waals surface area contributed by atoms with Gasteiger partial charge in [-0.1, -0.05) is 0 Å². The Bertz CT molecular complexity index is 454. The number of aliphatic hydroxyl groups is 1. The van der Waals surface area contributed by atoms with E-state index in [1.54, 1.807) is 18.0 Å². The SMILES string of the molecule is CN(CCC#N)c1ccc([N+](=O)[O-])cc1CO. The Hall–Kier alpha value is -2.13. The van der Waals surface area contributed by atoms with Crippen LogP contribution in [-0.4, -0.2) is 23.6 Å². The van der Waals surface area contributed by atoms with Crippen LogP contribution in [0, 0.1) is 21.4 Å². The second-order valence-corrected chi connectivity index (χ2v) is 3.56. The largest absolute Gasteiger partial charge is 0.392 e. The Morgan fingerprint density at radius 1 is 1.59 bits per heavy atom. The standard InChI is InChI=1S/C11H13N3O3/c1-13(6-2-5-12)11-4-3-10(14(16)17)7-9(11)8-15/h3-4,7,15H,2,6,8H2,1H3. The van der Waals surface area contributed by atoms with Crippen LogP contribution >= 0.6 is 0 Å². The summed E-state index contributed by atoms with van der Waals surface area (Å²) in [5, 5.41) is 28.3. The van der Waals surface area contributed by atoms with E-state index < -0.39 is 4.92 Å². The van der Waals surface area contributed by atoms with E-state index >= 15 is 0 Å². The molecule has 6 nitrogen and oxygen atoms in total. The minimum absolute atomic E-state index is 0.0496. The first-order chi connectivity index (χ1) is 8.10. The molecule has 0 aliphatic carbocycles. The summed E-state index contributed by atoms with van der Waals surface area (Å²) in [6, 6.07) is 6.34. The highest BCUT2D eigenvalue weighted by atomic mass is 16.6. The highest BCUT2D eigenvalue weighted by Gasteiger charge is 2.12. The lowest BCUT2D eigenvalue weighted by Gasteiger charge is -2.20. The molecule has 0 atom stereocenters. The molecule has 1 rings (SSSR count). The van der Waals surface area contributed by atoms with Crippen molar-refractivity contribution in [3.8, 4) is 6.07 Å². The van der Waals surface area contributed by atoms with Crippen LogP contribution in [0.3, 0.4) is 0 Å². The maximum absolute atomic E-state index is 10.6.